The van der Waals surface area contributed by atoms with Crippen molar-refractivity contribution in [3.05, 3.63) is 71.3 Å². The van der Waals surface area contributed by atoms with Gasteiger partial charge in [-0.3, -0.25) is 59.1 Å². The zero-order chi connectivity index (χ0) is 52.9. The van der Waals surface area contributed by atoms with Crippen LogP contribution in [0.2, 0.25) is 0 Å². The van der Waals surface area contributed by atoms with Crippen molar-refractivity contribution >= 4 is 47.7 Å². The molecule has 2 aromatic rings. The van der Waals surface area contributed by atoms with Gasteiger partial charge in [0, 0.05) is 38.3 Å². The highest BCUT2D eigenvalue weighted by Gasteiger charge is 2.27. The summed E-state index contributed by atoms with van der Waals surface area (Å²) >= 11 is 0. The SMILES string of the molecule is CC(C)(C)OC(=O)CN(CCN(CCN(CC(=O)OC(C)(C)C)CC(=O)OC(C)(C)C)CC(=O)NCc1ccc(C(=O)NNC(=O)[C@@H](CCCc2ccccc2)NC(=O)OC(C)(C)C)cc1)CC(=O)O. The number of carboxylic acid groups (broad SMARTS) is 1. The van der Waals surface area contributed by atoms with E-state index >= 15 is 0 Å². The summed E-state index contributed by atoms with van der Waals surface area (Å²) in [5, 5.41) is 15.1. The molecular formula is C50H77N7O13. The molecule has 70 heavy (non-hydrogen) atoms. The second kappa shape index (κ2) is 27.9. The number of rotatable bonds is 25. The smallest absolute Gasteiger partial charge is 0.408 e. The number of aryl methyl sites for hydroxylation is 1. The Morgan fingerprint density at radius 2 is 1.00 bits per heavy atom. The van der Waals surface area contributed by atoms with E-state index in [9.17, 15) is 43.5 Å². The molecule has 1 atom stereocenters. The molecule has 0 aliphatic heterocycles. The Bertz CT molecular complexity index is 2010. The van der Waals surface area contributed by atoms with Crippen molar-refractivity contribution < 1.29 is 62.4 Å². The molecule has 0 saturated heterocycles. The normalized spacial score (nSPS) is 12.4. The van der Waals surface area contributed by atoms with E-state index in [2.05, 4.69) is 21.5 Å². The lowest BCUT2D eigenvalue weighted by Gasteiger charge is -2.30. The van der Waals surface area contributed by atoms with Crippen molar-refractivity contribution in [3.8, 4) is 0 Å². The van der Waals surface area contributed by atoms with Crippen LogP contribution in [-0.2, 0) is 60.7 Å². The average Bonchev–Trinajstić information content (AvgIpc) is 3.19. The predicted molar refractivity (Wildman–Crippen MR) is 261 cm³/mol. The summed E-state index contributed by atoms with van der Waals surface area (Å²) in [6.45, 7) is 19.4. The molecule has 4 amide bonds. The number of amides is 4. The quantitative estimate of drug-likeness (QED) is 0.0536. The Kier molecular flexibility index (Phi) is 23.9. The molecule has 2 rings (SSSR count). The van der Waals surface area contributed by atoms with Gasteiger partial charge in [0.25, 0.3) is 11.8 Å². The molecule has 5 N–H and O–H groups in total. The molecule has 0 aromatic heterocycles. The maximum Gasteiger partial charge on any atom is 0.408 e. The second-order valence-corrected chi connectivity index (χ2v) is 20.8. The summed E-state index contributed by atoms with van der Waals surface area (Å²) < 4.78 is 21.8. The number of hydrazine groups is 1. The molecule has 0 fully saturated rings. The van der Waals surface area contributed by atoms with Crippen LogP contribution < -0.4 is 21.5 Å². The van der Waals surface area contributed by atoms with E-state index < -0.39 is 82.7 Å². The molecule has 0 heterocycles. The number of benzene rings is 2. The number of ether oxygens (including phenoxy) is 4. The molecule has 2 aromatic carbocycles. The van der Waals surface area contributed by atoms with Crippen molar-refractivity contribution in [2.24, 2.45) is 0 Å². The monoisotopic (exact) mass is 984 g/mol. The third-order valence-corrected chi connectivity index (χ3v) is 9.32. The number of nitrogens with zero attached hydrogens (tertiary/aromatic N) is 3. The van der Waals surface area contributed by atoms with Crippen LogP contribution in [0.4, 0.5) is 4.79 Å². The maximum atomic E-state index is 13.5. The summed E-state index contributed by atoms with van der Waals surface area (Å²) in [5.41, 5.74) is 3.50. The highest BCUT2D eigenvalue weighted by molar-refractivity contribution is 5.96. The van der Waals surface area contributed by atoms with Gasteiger partial charge < -0.3 is 34.7 Å². The van der Waals surface area contributed by atoms with Gasteiger partial charge in [-0.15, -0.1) is 0 Å². The molecule has 0 bridgehead atoms. The molecule has 20 heteroatoms. The van der Waals surface area contributed by atoms with Gasteiger partial charge in [0.05, 0.1) is 32.7 Å². The van der Waals surface area contributed by atoms with E-state index in [4.69, 9.17) is 18.9 Å². The number of nitrogens with one attached hydrogen (secondary N) is 4. The van der Waals surface area contributed by atoms with Gasteiger partial charge in [-0.05, 0) is 126 Å². The van der Waals surface area contributed by atoms with Crippen LogP contribution in [0.5, 0.6) is 0 Å². The van der Waals surface area contributed by atoms with Gasteiger partial charge in [-0.1, -0.05) is 42.5 Å². The summed E-state index contributed by atoms with van der Waals surface area (Å²) in [5.74, 6) is -4.65. The molecule has 0 aliphatic rings. The minimum absolute atomic E-state index is 0.0378. The van der Waals surface area contributed by atoms with Gasteiger partial charge in [-0.2, -0.15) is 0 Å². The Morgan fingerprint density at radius 3 is 1.46 bits per heavy atom. The minimum Gasteiger partial charge on any atom is -0.480 e. The number of hydrogen-bond donors (Lipinski definition) is 5. The van der Waals surface area contributed by atoms with E-state index in [1.165, 1.54) is 17.0 Å². The first-order valence-corrected chi connectivity index (χ1v) is 23.4. The van der Waals surface area contributed by atoms with Crippen LogP contribution in [0, 0.1) is 0 Å². The third-order valence-electron chi connectivity index (χ3n) is 9.32. The molecule has 0 unspecified atom stereocenters. The van der Waals surface area contributed by atoms with Gasteiger partial charge in [0.15, 0.2) is 0 Å². The fourth-order valence-corrected chi connectivity index (χ4v) is 6.51. The number of esters is 3. The minimum atomic E-state index is -1.17. The van der Waals surface area contributed by atoms with Crippen molar-refractivity contribution in [1.29, 1.82) is 0 Å². The summed E-state index contributed by atoms with van der Waals surface area (Å²) in [4.78, 5) is 107. The van der Waals surface area contributed by atoms with Crippen LogP contribution in [0.15, 0.2) is 54.6 Å². The van der Waals surface area contributed by atoms with Crippen LogP contribution in [-0.4, -0.2) is 155 Å². The van der Waals surface area contributed by atoms with Crippen molar-refractivity contribution in [1.82, 2.24) is 36.2 Å². The lowest BCUT2D eigenvalue weighted by Crippen LogP contribution is -2.53. The largest absolute Gasteiger partial charge is 0.480 e. The Hall–Kier alpha value is -6.12. The standard InChI is InChI=1S/C50H77N7O13/c1-47(2,3)67-41(61)32-56(31-40(59)60)27-25-55(26-28-57(33-42(62)68-48(4,5)6)34-43(63)69-49(7,8)9)30-39(58)51-29-36-21-23-37(24-22-36)44(64)53-54-45(65)38(52-46(66)70-50(10,11)12)20-16-19-35-17-14-13-15-18-35/h13-15,17-18,21-24,38H,16,19-20,25-34H2,1-12H3,(H,51,58)(H,52,66)(H,53,64)(H,54,65)(H,59,60)/t38-/m1/s1. The lowest BCUT2D eigenvalue weighted by atomic mass is 10.0. The molecule has 20 nitrogen and oxygen atoms in total. The first kappa shape index (κ1) is 60.0. The zero-order valence-corrected chi connectivity index (χ0v) is 43.2. The molecule has 0 radical (unpaired) electrons. The molecule has 0 aliphatic carbocycles. The third kappa shape index (κ3) is 28.4. The topological polar surface area (TPSA) is 252 Å². The predicted octanol–water partition coefficient (Wildman–Crippen LogP) is 4.00. The highest BCUT2D eigenvalue weighted by Crippen LogP contribution is 2.13. The van der Waals surface area contributed by atoms with E-state index in [0.717, 1.165) is 5.56 Å². The Morgan fingerprint density at radius 1 is 0.543 bits per heavy atom. The molecule has 0 spiro atoms. The number of carboxylic acids is 1. The molecular weight excluding hydrogens is 907 g/mol. The van der Waals surface area contributed by atoms with Crippen LogP contribution in [0.1, 0.15) is 117 Å². The first-order valence-electron chi connectivity index (χ1n) is 23.4. The maximum absolute atomic E-state index is 13.5. The average molecular weight is 984 g/mol. The van der Waals surface area contributed by atoms with E-state index in [1.807, 2.05) is 30.3 Å². The number of carbonyl (C=O) groups excluding carboxylic acids is 7. The summed E-state index contributed by atoms with van der Waals surface area (Å²) in [6.07, 6.45) is 0.722. The lowest BCUT2D eigenvalue weighted by molar-refractivity contribution is -0.160. The van der Waals surface area contributed by atoms with E-state index in [-0.39, 0.29) is 70.9 Å². The van der Waals surface area contributed by atoms with Crippen molar-refractivity contribution in [2.45, 2.75) is 137 Å². The zero-order valence-electron chi connectivity index (χ0n) is 43.2. The molecule has 0 saturated carbocycles. The highest BCUT2D eigenvalue weighted by atomic mass is 16.6. The summed E-state index contributed by atoms with van der Waals surface area (Å²) in [7, 11) is 0. The fourth-order valence-electron chi connectivity index (χ4n) is 6.51. The van der Waals surface area contributed by atoms with Gasteiger partial charge >= 0.3 is 30.0 Å². The van der Waals surface area contributed by atoms with Crippen LogP contribution >= 0.6 is 0 Å². The van der Waals surface area contributed by atoms with Crippen LogP contribution in [0.3, 0.4) is 0 Å². The van der Waals surface area contributed by atoms with Crippen LogP contribution in [0.25, 0.3) is 0 Å². The van der Waals surface area contributed by atoms with Gasteiger partial charge in [0.1, 0.15) is 28.4 Å². The van der Waals surface area contributed by atoms with Crippen molar-refractivity contribution in [2.75, 3.05) is 58.9 Å². The summed E-state index contributed by atoms with van der Waals surface area (Å²) in [6, 6.07) is 14.9. The molecule has 390 valence electrons. The Labute approximate surface area is 412 Å². The van der Waals surface area contributed by atoms with Gasteiger partial charge in [-0.25, -0.2) is 4.79 Å². The van der Waals surface area contributed by atoms with E-state index in [0.29, 0.717) is 18.4 Å². The number of carbonyl (C=O) groups is 8. The van der Waals surface area contributed by atoms with Gasteiger partial charge in [0.2, 0.25) is 5.91 Å². The van der Waals surface area contributed by atoms with Crippen molar-refractivity contribution in [3.63, 3.8) is 0 Å². The van der Waals surface area contributed by atoms with E-state index in [1.54, 1.807) is 105 Å². The fraction of sp³-hybridized carbons (Fsp3) is 0.600. The Balaban J connectivity index is 2.17. The number of aliphatic carboxylic acids is 1. The first-order chi connectivity index (χ1) is 32.3. The number of alkyl carbamates (subject to hydrolysis) is 1. The number of hydrogen-bond acceptors (Lipinski definition) is 15. The second-order valence-electron chi connectivity index (χ2n) is 20.8.